The highest BCUT2D eigenvalue weighted by atomic mass is 79.9. The van der Waals surface area contributed by atoms with Crippen LogP contribution in [0.15, 0.2) is 34.2 Å². The van der Waals surface area contributed by atoms with E-state index in [4.69, 9.17) is 9.47 Å². The lowest BCUT2D eigenvalue weighted by molar-refractivity contribution is -0.135. The number of imide groups is 1. The molecule has 0 aromatic heterocycles. The number of amides is 3. The van der Waals surface area contributed by atoms with Gasteiger partial charge in [-0.15, -0.1) is 0 Å². The molecule has 2 heterocycles. The Hall–Kier alpha value is -2.26. The van der Waals surface area contributed by atoms with Crippen molar-refractivity contribution in [3.8, 4) is 11.5 Å². The number of hydrogen-bond acceptors (Lipinski definition) is 6. The molecule has 29 heavy (non-hydrogen) atoms. The number of hydrogen-bond donors (Lipinski definition) is 0. The first kappa shape index (κ1) is 21.4. The van der Waals surface area contributed by atoms with Gasteiger partial charge in [0, 0.05) is 13.1 Å². The number of nitrogens with zero attached hydrogens (tertiary/aromatic N) is 2. The third kappa shape index (κ3) is 4.84. The molecule has 9 heteroatoms. The predicted molar refractivity (Wildman–Crippen MR) is 115 cm³/mol. The number of carbonyl (C=O) groups excluding carboxylic acids is 3. The van der Waals surface area contributed by atoms with Crippen molar-refractivity contribution < 1.29 is 23.9 Å². The van der Waals surface area contributed by atoms with Gasteiger partial charge in [-0.2, -0.15) is 0 Å². The molecule has 0 spiro atoms. The Bertz CT molecular complexity index is 880. The van der Waals surface area contributed by atoms with E-state index in [9.17, 15) is 14.4 Å². The van der Waals surface area contributed by atoms with E-state index in [1.807, 2.05) is 0 Å². The number of ether oxygens (including phenoxy) is 2. The predicted octanol–water partition coefficient (Wildman–Crippen LogP) is 3.68. The summed E-state index contributed by atoms with van der Waals surface area (Å²) in [6.07, 6.45) is 5.14. The Balaban J connectivity index is 1.79. The molecule has 0 radical (unpaired) electrons. The maximum Gasteiger partial charge on any atom is 0.294 e. The monoisotopic (exact) mass is 480 g/mol. The third-order valence-corrected chi connectivity index (χ3v) is 6.02. The fraction of sp³-hybridized carbons (Fsp3) is 0.350. The maximum atomic E-state index is 12.7. The molecule has 2 saturated heterocycles. The van der Waals surface area contributed by atoms with Gasteiger partial charge in [0.05, 0.1) is 16.5 Å². The van der Waals surface area contributed by atoms with Crippen LogP contribution in [0.4, 0.5) is 4.79 Å². The number of likely N-dealkylation sites (tertiary alicyclic amines) is 1. The second kappa shape index (κ2) is 9.49. The van der Waals surface area contributed by atoms with Crippen molar-refractivity contribution >= 4 is 50.8 Å². The van der Waals surface area contributed by atoms with Crippen LogP contribution in [0.3, 0.4) is 0 Å². The van der Waals surface area contributed by atoms with Gasteiger partial charge in [-0.05, 0) is 64.3 Å². The molecule has 1 aromatic carbocycles. The van der Waals surface area contributed by atoms with Crippen LogP contribution in [0.2, 0.25) is 0 Å². The minimum absolute atomic E-state index is 0.195. The average molecular weight is 481 g/mol. The van der Waals surface area contributed by atoms with Crippen molar-refractivity contribution in [1.29, 1.82) is 0 Å². The molecular formula is C20H21BrN2O5S. The first-order valence-electron chi connectivity index (χ1n) is 9.09. The molecule has 3 amide bonds. The van der Waals surface area contributed by atoms with Crippen molar-refractivity contribution in [3.63, 3.8) is 0 Å². The molecule has 0 aliphatic carbocycles. The molecule has 0 saturated carbocycles. The Morgan fingerprint density at radius 1 is 1.31 bits per heavy atom. The number of methoxy groups -OCH3 is 1. The Morgan fingerprint density at radius 2 is 2.03 bits per heavy atom. The smallest absolute Gasteiger partial charge is 0.294 e. The van der Waals surface area contributed by atoms with Gasteiger partial charge in [0.15, 0.2) is 11.5 Å². The van der Waals surface area contributed by atoms with Crippen LogP contribution in [-0.4, -0.2) is 60.2 Å². The van der Waals surface area contributed by atoms with Crippen LogP contribution in [0.25, 0.3) is 6.08 Å². The molecule has 7 nitrogen and oxygen atoms in total. The van der Waals surface area contributed by atoms with Gasteiger partial charge in [0.1, 0.15) is 13.2 Å². The van der Waals surface area contributed by atoms with Gasteiger partial charge >= 0.3 is 0 Å². The standard InChI is InChI=1S/C20H21BrN2O5S/c1-3-8-28-18-14(21)9-13(10-15(18)27-2)11-16-19(25)23(20(26)29-16)12-17(24)22-6-4-5-7-22/h3,9-11H,1,4-8,12H2,2H3/b16-11+. The zero-order chi connectivity index (χ0) is 21.0. The summed E-state index contributed by atoms with van der Waals surface area (Å²) in [5.74, 6) is 0.346. The van der Waals surface area contributed by atoms with Crippen molar-refractivity contribution in [2.45, 2.75) is 12.8 Å². The van der Waals surface area contributed by atoms with Crippen molar-refractivity contribution in [3.05, 3.63) is 39.7 Å². The first-order valence-corrected chi connectivity index (χ1v) is 10.7. The van der Waals surface area contributed by atoms with E-state index in [2.05, 4.69) is 22.5 Å². The Kier molecular flexibility index (Phi) is 7.02. The zero-order valence-electron chi connectivity index (χ0n) is 16.0. The molecule has 0 atom stereocenters. The van der Waals surface area contributed by atoms with Crippen LogP contribution in [-0.2, 0) is 9.59 Å². The van der Waals surface area contributed by atoms with Crippen LogP contribution >= 0.6 is 27.7 Å². The molecular weight excluding hydrogens is 460 g/mol. The van der Waals surface area contributed by atoms with Gasteiger partial charge in [-0.3, -0.25) is 19.3 Å². The van der Waals surface area contributed by atoms with Crippen LogP contribution in [0.5, 0.6) is 11.5 Å². The summed E-state index contributed by atoms with van der Waals surface area (Å²) in [5, 5.41) is -0.439. The highest BCUT2D eigenvalue weighted by Gasteiger charge is 2.37. The molecule has 2 aliphatic heterocycles. The molecule has 2 aliphatic rings. The number of carbonyl (C=O) groups is 3. The summed E-state index contributed by atoms with van der Waals surface area (Å²) in [6.45, 7) is 5.08. The van der Waals surface area contributed by atoms with E-state index in [-0.39, 0.29) is 17.4 Å². The Labute approximate surface area is 181 Å². The molecule has 0 bridgehead atoms. The summed E-state index contributed by atoms with van der Waals surface area (Å²) >= 11 is 4.27. The summed E-state index contributed by atoms with van der Waals surface area (Å²) in [7, 11) is 1.52. The molecule has 1 aromatic rings. The van der Waals surface area contributed by atoms with E-state index in [1.54, 1.807) is 29.2 Å². The first-order chi connectivity index (χ1) is 13.9. The third-order valence-electron chi connectivity index (χ3n) is 4.52. The van der Waals surface area contributed by atoms with E-state index in [0.717, 1.165) is 29.5 Å². The van der Waals surface area contributed by atoms with Gasteiger partial charge < -0.3 is 14.4 Å². The fourth-order valence-electron chi connectivity index (χ4n) is 3.09. The SMILES string of the molecule is C=CCOc1c(Br)cc(/C=C2/SC(=O)N(CC(=O)N3CCCC3)C2=O)cc1OC. The lowest BCUT2D eigenvalue weighted by Gasteiger charge is -2.18. The van der Waals surface area contributed by atoms with Crippen molar-refractivity contribution in [1.82, 2.24) is 9.80 Å². The zero-order valence-corrected chi connectivity index (χ0v) is 18.4. The molecule has 3 rings (SSSR count). The number of thioether (sulfide) groups is 1. The van der Waals surface area contributed by atoms with Crippen LogP contribution in [0.1, 0.15) is 18.4 Å². The summed E-state index contributed by atoms with van der Waals surface area (Å²) < 4.78 is 11.6. The van der Waals surface area contributed by atoms with Crippen LogP contribution in [0, 0.1) is 0 Å². The van der Waals surface area contributed by atoms with E-state index in [1.165, 1.54) is 7.11 Å². The number of benzene rings is 1. The lowest BCUT2D eigenvalue weighted by Crippen LogP contribution is -2.40. The molecule has 2 fully saturated rings. The quantitative estimate of drug-likeness (QED) is 0.437. The Morgan fingerprint density at radius 3 is 2.69 bits per heavy atom. The van der Waals surface area contributed by atoms with E-state index < -0.39 is 11.1 Å². The van der Waals surface area contributed by atoms with Gasteiger partial charge in [0.25, 0.3) is 11.1 Å². The maximum absolute atomic E-state index is 12.7. The summed E-state index contributed by atoms with van der Waals surface area (Å²) in [4.78, 5) is 40.3. The minimum atomic E-state index is -0.463. The summed E-state index contributed by atoms with van der Waals surface area (Å²) in [6, 6.07) is 3.48. The van der Waals surface area contributed by atoms with Gasteiger partial charge in [-0.25, -0.2) is 0 Å². The average Bonchev–Trinajstić information content (AvgIpc) is 3.32. The lowest BCUT2D eigenvalue weighted by atomic mass is 10.2. The van der Waals surface area contributed by atoms with Crippen LogP contribution < -0.4 is 9.47 Å². The van der Waals surface area contributed by atoms with E-state index in [0.29, 0.717) is 41.2 Å². The van der Waals surface area contributed by atoms with Gasteiger partial charge in [-0.1, -0.05) is 12.7 Å². The number of rotatable bonds is 7. The topological polar surface area (TPSA) is 76.2 Å². The highest BCUT2D eigenvalue weighted by molar-refractivity contribution is 9.10. The molecule has 154 valence electrons. The number of halogens is 1. The van der Waals surface area contributed by atoms with Gasteiger partial charge in [0.2, 0.25) is 5.91 Å². The second-order valence-corrected chi connectivity index (χ2v) is 8.34. The largest absolute Gasteiger partial charge is 0.493 e. The highest BCUT2D eigenvalue weighted by Crippen LogP contribution is 2.39. The van der Waals surface area contributed by atoms with Crippen molar-refractivity contribution in [2.75, 3.05) is 33.4 Å². The summed E-state index contributed by atoms with van der Waals surface area (Å²) in [5.41, 5.74) is 0.663. The normalized spacial score (nSPS) is 17.9. The second-order valence-electron chi connectivity index (χ2n) is 6.49. The minimum Gasteiger partial charge on any atom is -0.493 e. The van der Waals surface area contributed by atoms with E-state index >= 15 is 0 Å². The fourth-order valence-corrected chi connectivity index (χ4v) is 4.51. The van der Waals surface area contributed by atoms with Crippen molar-refractivity contribution in [2.24, 2.45) is 0 Å². The molecule has 0 unspecified atom stereocenters. The molecule has 0 N–H and O–H groups in total.